The molecule has 0 spiro atoms. The first-order chi connectivity index (χ1) is 16.2. The number of unbranched alkanes of at least 4 members (excludes halogenated alkanes) is 13. The lowest BCUT2D eigenvalue weighted by atomic mass is 9.98. The molecule has 0 radical (unpaired) electrons. The Bertz CT molecular complexity index is 797. The van der Waals surface area contributed by atoms with E-state index in [0.717, 1.165) is 12.8 Å². The summed E-state index contributed by atoms with van der Waals surface area (Å²) in [4.78, 5) is 25.3. The number of rotatable bonds is 18. The van der Waals surface area contributed by atoms with Gasteiger partial charge < -0.3 is 4.74 Å². The van der Waals surface area contributed by atoms with Gasteiger partial charge in [0.2, 0.25) is 0 Å². The molecule has 2 rings (SSSR count). The molecule has 3 heteroatoms. The first kappa shape index (κ1) is 26.8. The molecule has 0 saturated carbocycles. The van der Waals surface area contributed by atoms with Gasteiger partial charge in [0, 0.05) is 11.1 Å². The van der Waals surface area contributed by atoms with E-state index in [2.05, 4.69) is 6.92 Å². The van der Waals surface area contributed by atoms with Gasteiger partial charge in [-0.25, -0.2) is 4.79 Å². The number of hydrogen-bond donors (Lipinski definition) is 0. The summed E-state index contributed by atoms with van der Waals surface area (Å²) in [6.45, 7) is 2.67. The SMILES string of the molecule is CCCCCCCCCCCCCCCCOC(=O)c1ccccc1C(=O)c1ccccc1. The summed E-state index contributed by atoms with van der Waals surface area (Å²) in [6.07, 6.45) is 18.1. The molecule has 0 fully saturated rings. The van der Waals surface area contributed by atoms with Crippen LogP contribution in [0.15, 0.2) is 54.6 Å². The molecule has 0 unspecified atom stereocenters. The van der Waals surface area contributed by atoms with Gasteiger partial charge in [0.25, 0.3) is 0 Å². The van der Waals surface area contributed by atoms with Gasteiger partial charge in [-0.05, 0) is 12.5 Å². The summed E-state index contributed by atoms with van der Waals surface area (Å²) in [5.41, 5.74) is 1.32. The number of ether oxygens (including phenoxy) is 1. The minimum atomic E-state index is -0.412. The van der Waals surface area contributed by atoms with Crippen molar-refractivity contribution in [1.82, 2.24) is 0 Å². The zero-order valence-corrected chi connectivity index (χ0v) is 20.5. The molecule has 0 atom stereocenters. The summed E-state index contributed by atoms with van der Waals surface area (Å²) in [7, 11) is 0. The average Bonchev–Trinajstić information content (AvgIpc) is 2.86. The number of carbonyl (C=O) groups is 2. The molecule has 0 saturated heterocycles. The molecule has 0 amide bonds. The molecule has 0 aliphatic heterocycles. The van der Waals surface area contributed by atoms with Gasteiger partial charge in [0.15, 0.2) is 5.78 Å². The van der Waals surface area contributed by atoms with Crippen molar-refractivity contribution in [1.29, 1.82) is 0 Å². The zero-order chi connectivity index (χ0) is 23.6. The minimum absolute atomic E-state index is 0.153. The van der Waals surface area contributed by atoms with Crippen LogP contribution in [0.2, 0.25) is 0 Å². The minimum Gasteiger partial charge on any atom is -0.462 e. The van der Waals surface area contributed by atoms with Crippen LogP contribution in [0.3, 0.4) is 0 Å². The molecule has 2 aromatic rings. The van der Waals surface area contributed by atoms with E-state index in [4.69, 9.17) is 4.74 Å². The second-order valence-electron chi connectivity index (χ2n) is 8.97. The van der Waals surface area contributed by atoms with E-state index in [1.54, 1.807) is 36.4 Å². The molecule has 0 aliphatic carbocycles. The second-order valence-corrected chi connectivity index (χ2v) is 8.97. The van der Waals surface area contributed by atoms with Crippen LogP contribution in [0.4, 0.5) is 0 Å². The summed E-state index contributed by atoms with van der Waals surface area (Å²) in [5.74, 6) is -0.566. The molecule has 0 aliphatic rings. The smallest absolute Gasteiger partial charge is 0.338 e. The number of esters is 1. The maximum absolute atomic E-state index is 12.8. The third-order valence-electron chi connectivity index (χ3n) is 6.16. The Labute approximate surface area is 200 Å². The van der Waals surface area contributed by atoms with Crippen molar-refractivity contribution in [3.8, 4) is 0 Å². The molecule has 180 valence electrons. The average molecular weight is 451 g/mol. The Morgan fingerprint density at radius 1 is 0.576 bits per heavy atom. The Hall–Kier alpha value is -2.42. The normalized spacial score (nSPS) is 10.8. The van der Waals surface area contributed by atoms with Gasteiger partial charge in [0.05, 0.1) is 12.2 Å². The van der Waals surface area contributed by atoms with Gasteiger partial charge in [-0.3, -0.25) is 4.79 Å². The van der Waals surface area contributed by atoms with E-state index in [9.17, 15) is 9.59 Å². The standard InChI is InChI=1S/C30H42O3/c1-2-3-4-5-6-7-8-9-10-11-12-13-14-20-25-33-30(32)28-24-19-18-23-27(28)29(31)26-21-16-15-17-22-26/h15-19,21-24H,2-14,20,25H2,1H3. The van der Waals surface area contributed by atoms with Crippen molar-refractivity contribution in [2.45, 2.75) is 96.8 Å². The Kier molecular flexibility index (Phi) is 13.9. The summed E-state index contributed by atoms with van der Waals surface area (Å²) in [6, 6.07) is 16.0. The van der Waals surface area contributed by atoms with Crippen LogP contribution in [0.25, 0.3) is 0 Å². The van der Waals surface area contributed by atoms with Crippen molar-refractivity contribution < 1.29 is 14.3 Å². The van der Waals surface area contributed by atoms with Crippen LogP contribution in [0, 0.1) is 0 Å². The van der Waals surface area contributed by atoms with Crippen molar-refractivity contribution in [2.24, 2.45) is 0 Å². The number of ketones is 1. The maximum Gasteiger partial charge on any atom is 0.338 e. The number of benzene rings is 2. The van der Waals surface area contributed by atoms with Gasteiger partial charge in [-0.15, -0.1) is 0 Å². The van der Waals surface area contributed by atoms with Gasteiger partial charge in [0.1, 0.15) is 0 Å². The first-order valence-corrected chi connectivity index (χ1v) is 13.1. The van der Waals surface area contributed by atoms with Crippen molar-refractivity contribution in [3.05, 3.63) is 71.3 Å². The maximum atomic E-state index is 12.8. The highest BCUT2D eigenvalue weighted by molar-refractivity contribution is 6.14. The third kappa shape index (κ3) is 10.8. The summed E-state index contributed by atoms with van der Waals surface area (Å²) < 4.78 is 5.47. The van der Waals surface area contributed by atoms with Gasteiger partial charge in [-0.1, -0.05) is 139 Å². The second kappa shape index (κ2) is 17.1. The Morgan fingerprint density at radius 3 is 1.58 bits per heavy atom. The fraction of sp³-hybridized carbons (Fsp3) is 0.533. The fourth-order valence-corrected chi connectivity index (χ4v) is 4.14. The van der Waals surface area contributed by atoms with Crippen molar-refractivity contribution >= 4 is 11.8 Å². The summed E-state index contributed by atoms with van der Waals surface area (Å²) in [5, 5.41) is 0. The van der Waals surface area contributed by atoms with Crippen LogP contribution < -0.4 is 0 Å². The molecule has 0 bridgehead atoms. The number of hydrogen-bond acceptors (Lipinski definition) is 3. The van der Waals surface area contributed by atoms with Crippen LogP contribution in [-0.4, -0.2) is 18.4 Å². The van der Waals surface area contributed by atoms with Crippen molar-refractivity contribution in [2.75, 3.05) is 6.61 Å². The highest BCUT2D eigenvalue weighted by Gasteiger charge is 2.18. The predicted molar refractivity (Wildman–Crippen MR) is 137 cm³/mol. The Balaban J connectivity index is 1.55. The Morgan fingerprint density at radius 2 is 1.03 bits per heavy atom. The molecule has 0 aromatic heterocycles. The lowest BCUT2D eigenvalue weighted by Crippen LogP contribution is -2.13. The highest BCUT2D eigenvalue weighted by atomic mass is 16.5. The van der Waals surface area contributed by atoms with E-state index in [-0.39, 0.29) is 5.78 Å². The lowest BCUT2D eigenvalue weighted by Gasteiger charge is -2.09. The summed E-state index contributed by atoms with van der Waals surface area (Å²) >= 11 is 0. The van der Waals surface area contributed by atoms with E-state index in [0.29, 0.717) is 23.3 Å². The van der Waals surface area contributed by atoms with Crippen LogP contribution in [-0.2, 0) is 4.74 Å². The molecular weight excluding hydrogens is 408 g/mol. The molecule has 33 heavy (non-hydrogen) atoms. The molecule has 2 aromatic carbocycles. The largest absolute Gasteiger partial charge is 0.462 e. The van der Waals surface area contributed by atoms with E-state index in [1.807, 2.05) is 18.2 Å². The van der Waals surface area contributed by atoms with Crippen molar-refractivity contribution in [3.63, 3.8) is 0 Å². The lowest BCUT2D eigenvalue weighted by molar-refractivity contribution is 0.0495. The van der Waals surface area contributed by atoms with E-state index < -0.39 is 5.97 Å². The monoisotopic (exact) mass is 450 g/mol. The quantitative estimate of drug-likeness (QED) is 0.130. The molecule has 0 N–H and O–H groups in total. The van der Waals surface area contributed by atoms with Crippen LogP contribution in [0.5, 0.6) is 0 Å². The number of carbonyl (C=O) groups excluding carboxylic acids is 2. The van der Waals surface area contributed by atoms with Gasteiger partial charge >= 0.3 is 5.97 Å². The molecular formula is C30H42O3. The highest BCUT2D eigenvalue weighted by Crippen LogP contribution is 2.17. The first-order valence-electron chi connectivity index (χ1n) is 13.1. The van der Waals surface area contributed by atoms with Crippen LogP contribution >= 0.6 is 0 Å². The van der Waals surface area contributed by atoms with E-state index in [1.165, 1.54) is 77.0 Å². The third-order valence-corrected chi connectivity index (χ3v) is 6.16. The van der Waals surface area contributed by atoms with Crippen LogP contribution in [0.1, 0.15) is 123 Å². The molecule has 3 nitrogen and oxygen atoms in total. The fourth-order valence-electron chi connectivity index (χ4n) is 4.14. The van der Waals surface area contributed by atoms with E-state index >= 15 is 0 Å². The molecule has 0 heterocycles. The topological polar surface area (TPSA) is 43.4 Å². The van der Waals surface area contributed by atoms with Gasteiger partial charge in [-0.2, -0.15) is 0 Å². The zero-order valence-electron chi connectivity index (χ0n) is 20.5. The predicted octanol–water partition coefficient (Wildman–Crippen LogP) is 8.56.